The lowest BCUT2D eigenvalue weighted by molar-refractivity contribution is -0.131. The van der Waals surface area contributed by atoms with E-state index in [9.17, 15) is 27.2 Å². The van der Waals surface area contributed by atoms with Crippen LogP contribution in [0.5, 0.6) is 0 Å². The Balaban J connectivity index is 0.974. The molecule has 0 unspecified atom stereocenters. The molecule has 4 N–H and O–H groups in total. The number of H-pyrrole nitrogens is 2. The van der Waals surface area contributed by atoms with E-state index in [2.05, 4.69) is 46.3 Å². The fourth-order valence-electron chi connectivity index (χ4n) is 7.87. The summed E-state index contributed by atoms with van der Waals surface area (Å²) in [4.78, 5) is 42.8. The fraction of sp³-hybridized carbons (Fsp3) is 0.550. The van der Waals surface area contributed by atoms with Crippen molar-refractivity contribution in [1.29, 1.82) is 0 Å². The minimum absolute atomic E-state index is 0.145. The van der Waals surface area contributed by atoms with E-state index in [0.717, 1.165) is 58.9 Å². The van der Waals surface area contributed by atoms with Gasteiger partial charge in [0.25, 0.3) is 0 Å². The number of nitrogens with one attached hydrogen (secondary N) is 4. The lowest BCUT2D eigenvalue weighted by atomic mass is 9.85. The second-order valence-corrected chi connectivity index (χ2v) is 16.4. The maximum Gasteiger partial charge on any atom is 0.248 e. The van der Waals surface area contributed by atoms with Crippen LogP contribution in [0, 0.1) is 34.5 Å². The zero-order valence-electron chi connectivity index (χ0n) is 29.5. The number of aromatic amines is 2. The fourth-order valence-corrected chi connectivity index (χ4v) is 7.87. The molecule has 4 aliphatic carbocycles. The Labute approximate surface area is 299 Å². The molecule has 4 aliphatic rings. The second-order valence-electron chi connectivity index (χ2n) is 16.4. The minimum atomic E-state index is -2.69. The first-order chi connectivity index (χ1) is 24.7. The molecule has 4 saturated carbocycles. The quantitative estimate of drug-likeness (QED) is 0.108. The first-order valence-electron chi connectivity index (χ1n) is 18.6. The van der Waals surface area contributed by atoms with Gasteiger partial charge in [0.15, 0.2) is 0 Å². The topological polar surface area (TPSA) is 116 Å². The molecule has 12 heteroatoms. The molecule has 0 spiro atoms. The average Bonchev–Trinajstić information content (AvgIpc) is 3.93. The van der Waals surface area contributed by atoms with Crippen molar-refractivity contribution in [2.45, 2.75) is 115 Å². The van der Waals surface area contributed by atoms with Crippen LogP contribution in [-0.4, -0.2) is 43.6 Å². The highest BCUT2D eigenvalue weighted by atomic mass is 19.3. The Hall–Kier alpha value is -4.40. The molecule has 0 bridgehead atoms. The number of hydrogen-bond acceptors (Lipinski definition) is 4. The van der Waals surface area contributed by atoms with Gasteiger partial charge in [-0.2, -0.15) is 0 Å². The number of nitrogens with zero attached hydrogens (tertiary/aromatic N) is 2. The summed E-state index contributed by atoms with van der Waals surface area (Å²) in [5, 5.41) is 6.31. The maximum atomic E-state index is 13.7. The van der Waals surface area contributed by atoms with Gasteiger partial charge in [0.1, 0.15) is 11.6 Å². The predicted octanol–water partition coefficient (Wildman–Crippen LogP) is 8.40. The highest BCUT2D eigenvalue weighted by Crippen LogP contribution is 2.55. The molecule has 2 amide bonds. The van der Waals surface area contributed by atoms with Crippen molar-refractivity contribution in [2.24, 2.45) is 22.7 Å². The van der Waals surface area contributed by atoms with E-state index in [-0.39, 0.29) is 86.1 Å². The molecule has 0 radical (unpaired) electrons. The summed E-state index contributed by atoms with van der Waals surface area (Å²) < 4.78 is 54.8. The molecule has 4 aromatic rings. The molecule has 8 nitrogen and oxygen atoms in total. The van der Waals surface area contributed by atoms with Gasteiger partial charge in [0, 0.05) is 48.6 Å². The van der Waals surface area contributed by atoms with Crippen LogP contribution in [0.3, 0.4) is 0 Å². The van der Waals surface area contributed by atoms with Gasteiger partial charge in [-0.3, -0.25) is 9.59 Å². The average molecular weight is 717 g/mol. The molecule has 52 heavy (non-hydrogen) atoms. The lowest BCUT2D eigenvalue weighted by Crippen LogP contribution is -2.40. The molecule has 2 atom stereocenters. The summed E-state index contributed by atoms with van der Waals surface area (Å²) in [7, 11) is 0. The van der Waals surface area contributed by atoms with E-state index >= 15 is 0 Å². The summed E-state index contributed by atoms with van der Waals surface area (Å²) in [6.45, 7) is 4.23. The number of amides is 2. The summed E-state index contributed by atoms with van der Waals surface area (Å²) in [5.74, 6) is 1.22. The number of carbonyl (C=O) groups is 2. The van der Waals surface area contributed by atoms with Crippen molar-refractivity contribution >= 4 is 33.9 Å². The van der Waals surface area contributed by atoms with Gasteiger partial charge >= 0.3 is 0 Å². The van der Waals surface area contributed by atoms with Crippen molar-refractivity contribution in [2.75, 3.05) is 0 Å². The highest BCUT2D eigenvalue weighted by Gasteiger charge is 2.50. The summed E-state index contributed by atoms with van der Waals surface area (Å²) in [6, 6.07) is 10.8. The molecule has 8 rings (SSSR count). The molecule has 4 fully saturated rings. The van der Waals surface area contributed by atoms with Crippen LogP contribution >= 0.6 is 0 Å². The number of alkyl halides is 4. The zero-order chi connectivity index (χ0) is 36.5. The number of rotatable bonds is 8. The van der Waals surface area contributed by atoms with Crippen LogP contribution in [0.4, 0.5) is 17.6 Å². The monoisotopic (exact) mass is 716 g/mol. The standard InChI is InChI=1S/C40H44F4N6O2/c1-37(17-18-37)31(49-35(51)25-9-13-39(41,42)14-10-25)33-45-27-7-5-23(21-29(27)47-33)3-4-24-6-8-28-30(22-24)48-34(46-28)32(38(2)19-20-38)50-36(52)26-11-15-40(43,44)16-12-26/h5-8,21-22,25-26,31-32H,9-20H2,1-2H3,(H,45,47)(H,46,48)(H,49,51)(H,50,52)/t31-,32-/m1/s1. The number of fused-ring (bicyclic) bond motifs is 2. The number of imidazole rings is 2. The smallest absolute Gasteiger partial charge is 0.248 e. The molecule has 2 aromatic heterocycles. The second kappa shape index (κ2) is 12.6. The van der Waals surface area contributed by atoms with E-state index in [4.69, 9.17) is 9.97 Å². The molecule has 0 saturated heterocycles. The van der Waals surface area contributed by atoms with Gasteiger partial charge in [-0.25, -0.2) is 27.5 Å². The van der Waals surface area contributed by atoms with Crippen molar-refractivity contribution < 1.29 is 27.2 Å². The number of carbonyl (C=O) groups excluding carboxylic acids is 2. The van der Waals surface area contributed by atoms with E-state index in [1.165, 1.54) is 0 Å². The minimum Gasteiger partial charge on any atom is -0.345 e. The third-order valence-corrected chi connectivity index (χ3v) is 12.1. The van der Waals surface area contributed by atoms with Crippen LogP contribution in [0.2, 0.25) is 0 Å². The van der Waals surface area contributed by atoms with Crippen LogP contribution in [0.1, 0.15) is 126 Å². The van der Waals surface area contributed by atoms with E-state index in [1.54, 1.807) is 0 Å². The molecule has 0 aliphatic heterocycles. The Morgan fingerprint density at radius 1 is 0.654 bits per heavy atom. The van der Waals surface area contributed by atoms with E-state index < -0.39 is 23.7 Å². The van der Waals surface area contributed by atoms with E-state index in [0.29, 0.717) is 11.6 Å². The molecular weight excluding hydrogens is 672 g/mol. The first-order valence-corrected chi connectivity index (χ1v) is 18.6. The predicted molar refractivity (Wildman–Crippen MR) is 188 cm³/mol. The van der Waals surface area contributed by atoms with Gasteiger partial charge in [0.05, 0.1) is 34.2 Å². The van der Waals surface area contributed by atoms with Crippen molar-refractivity contribution in [3.05, 3.63) is 59.2 Å². The Morgan fingerprint density at radius 3 is 1.37 bits per heavy atom. The maximum absolute atomic E-state index is 13.7. The van der Waals surface area contributed by atoms with Crippen LogP contribution in [-0.2, 0) is 9.59 Å². The number of aromatic nitrogens is 4. The van der Waals surface area contributed by atoms with Gasteiger partial charge in [0.2, 0.25) is 23.7 Å². The Morgan fingerprint density at radius 2 is 1.02 bits per heavy atom. The third-order valence-electron chi connectivity index (χ3n) is 12.1. The zero-order valence-corrected chi connectivity index (χ0v) is 29.5. The summed E-state index contributed by atoms with van der Waals surface area (Å²) in [6.07, 6.45) is 3.47. The van der Waals surface area contributed by atoms with Gasteiger partial charge in [-0.1, -0.05) is 25.7 Å². The van der Waals surface area contributed by atoms with Crippen LogP contribution in [0.25, 0.3) is 22.1 Å². The molecule has 274 valence electrons. The normalized spacial score (nSPS) is 23.0. The van der Waals surface area contributed by atoms with Crippen LogP contribution < -0.4 is 10.6 Å². The summed E-state index contributed by atoms with van der Waals surface area (Å²) >= 11 is 0. The Kier molecular flexibility index (Phi) is 8.42. The van der Waals surface area contributed by atoms with Gasteiger partial charge < -0.3 is 20.6 Å². The summed E-state index contributed by atoms with van der Waals surface area (Å²) in [5.41, 5.74) is 4.35. The number of hydrogen-bond donors (Lipinski definition) is 4. The lowest BCUT2D eigenvalue weighted by Gasteiger charge is -2.30. The van der Waals surface area contributed by atoms with Gasteiger partial charge in [-0.15, -0.1) is 0 Å². The molecular formula is C40H44F4N6O2. The third kappa shape index (κ3) is 7.15. The van der Waals surface area contributed by atoms with Crippen molar-refractivity contribution in [1.82, 2.24) is 30.6 Å². The molecule has 2 heterocycles. The van der Waals surface area contributed by atoms with Crippen molar-refractivity contribution in [3.63, 3.8) is 0 Å². The van der Waals surface area contributed by atoms with E-state index in [1.807, 2.05) is 36.4 Å². The van der Waals surface area contributed by atoms with Crippen molar-refractivity contribution in [3.8, 4) is 11.8 Å². The first kappa shape index (κ1) is 34.7. The van der Waals surface area contributed by atoms with Gasteiger partial charge in [-0.05, 0) is 98.6 Å². The SMILES string of the molecule is CC1([C@H](NC(=O)C2CCC(F)(F)CC2)c2nc3ccc(C#Cc4ccc5nc([C@@H](NC(=O)C6CCC(F)(F)CC6)C6(C)CC6)[nH]c5c4)cc3[nH]2)CC1. The Bertz CT molecular complexity index is 1940. The molecule has 2 aromatic carbocycles. The van der Waals surface area contributed by atoms with Crippen LogP contribution in [0.15, 0.2) is 36.4 Å². The number of halogens is 4. The number of benzene rings is 2. The largest absolute Gasteiger partial charge is 0.345 e. The highest BCUT2D eigenvalue weighted by molar-refractivity contribution is 5.82.